The Morgan fingerprint density at radius 2 is 1.59 bits per heavy atom. The molecule has 29 heavy (non-hydrogen) atoms. The van der Waals surface area contributed by atoms with Crippen molar-refractivity contribution < 1.29 is 22.8 Å². The van der Waals surface area contributed by atoms with Gasteiger partial charge in [-0.15, -0.1) is 0 Å². The molecule has 3 aromatic rings. The van der Waals surface area contributed by atoms with Gasteiger partial charge in [0.1, 0.15) is 5.82 Å². The van der Waals surface area contributed by atoms with Crippen LogP contribution in [0.25, 0.3) is 11.5 Å². The van der Waals surface area contributed by atoms with Gasteiger partial charge in [-0.1, -0.05) is 42.2 Å². The molecule has 1 aromatic heterocycles. The Kier molecular flexibility index (Phi) is 6.90. The smallest absolute Gasteiger partial charge is 0.288 e. The number of nitrogens with zero attached hydrogens (tertiary/aromatic N) is 1. The minimum Gasteiger partial charge on any atom is -0.867 e. The highest BCUT2D eigenvalue weighted by Crippen LogP contribution is 2.26. The average Bonchev–Trinajstić information content (AvgIpc) is 2.70. The number of rotatable bonds is 6. The van der Waals surface area contributed by atoms with E-state index in [0.717, 1.165) is 0 Å². The van der Waals surface area contributed by atoms with Crippen LogP contribution in [0.15, 0.2) is 84.0 Å². The molecular weight excluding hydrogens is 417 g/mol. The number of benzene rings is 2. The Morgan fingerprint density at radius 1 is 0.966 bits per heavy atom. The standard InChI is InChI=1S/C21H15F3N2OS2/c22-15-6-4-14(5-7-15)19(27)18(26-12-2-1-3-13-26)20(28)25-16-8-10-17(11-9-16)29-21(23)24/h1-13,21H,(H-,25,27,28). The maximum Gasteiger partial charge on any atom is 0.288 e. The Morgan fingerprint density at radius 3 is 2.17 bits per heavy atom. The Bertz CT molecular complexity index is 1010. The zero-order valence-corrected chi connectivity index (χ0v) is 16.5. The lowest BCUT2D eigenvalue weighted by atomic mass is 10.1. The number of nitrogens with one attached hydrogen (secondary N) is 1. The fourth-order valence-electron chi connectivity index (χ4n) is 2.53. The van der Waals surface area contributed by atoms with Gasteiger partial charge in [0, 0.05) is 22.7 Å². The van der Waals surface area contributed by atoms with Crippen molar-refractivity contribution in [1.82, 2.24) is 0 Å². The van der Waals surface area contributed by atoms with E-state index in [4.69, 9.17) is 12.2 Å². The molecule has 0 bridgehead atoms. The number of thioether (sulfide) groups is 1. The summed E-state index contributed by atoms with van der Waals surface area (Å²) in [6, 6.07) is 16.8. The molecule has 0 saturated carbocycles. The summed E-state index contributed by atoms with van der Waals surface area (Å²) in [4.78, 5) is 0.560. The molecule has 3 nitrogen and oxygen atoms in total. The van der Waals surface area contributed by atoms with Crippen LogP contribution in [-0.2, 0) is 0 Å². The highest BCUT2D eigenvalue weighted by molar-refractivity contribution is 7.99. The van der Waals surface area contributed by atoms with E-state index in [2.05, 4.69) is 5.32 Å². The highest BCUT2D eigenvalue weighted by atomic mass is 32.2. The first-order valence-corrected chi connectivity index (χ1v) is 9.73. The van der Waals surface area contributed by atoms with Gasteiger partial charge in [0.05, 0.1) is 0 Å². The molecule has 0 aliphatic heterocycles. The third-order valence-electron chi connectivity index (χ3n) is 3.85. The van der Waals surface area contributed by atoms with Crippen LogP contribution in [0.1, 0.15) is 5.56 Å². The van der Waals surface area contributed by atoms with E-state index in [0.29, 0.717) is 22.3 Å². The van der Waals surface area contributed by atoms with Crippen molar-refractivity contribution in [2.24, 2.45) is 0 Å². The molecule has 2 aromatic carbocycles. The van der Waals surface area contributed by atoms with Gasteiger partial charge in [-0.2, -0.15) is 13.3 Å². The summed E-state index contributed by atoms with van der Waals surface area (Å²) >= 11 is 5.90. The Balaban J connectivity index is 1.93. The van der Waals surface area contributed by atoms with E-state index in [-0.39, 0.29) is 22.0 Å². The summed E-state index contributed by atoms with van der Waals surface area (Å²) in [6.45, 7) is 0. The second kappa shape index (κ2) is 9.58. The van der Waals surface area contributed by atoms with Crippen molar-refractivity contribution in [2.45, 2.75) is 10.7 Å². The summed E-state index contributed by atoms with van der Waals surface area (Å²) in [5, 5.41) is 16.0. The van der Waals surface area contributed by atoms with E-state index >= 15 is 0 Å². The van der Waals surface area contributed by atoms with Crippen LogP contribution in [0.5, 0.6) is 0 Å². The predicted octanol–water partition coefficient (Wildman–Crippen LogP) is 4.55. The lowest BCUT2D eigenvalue weighted by Crippen LogP contribution is -2.39. The van der Waals surface area contributed by atoms with Crippen LogP contribution in [0.2, 0.25) is 0 Å². The van der Waals surface area contributed by atoms with Gasteiger partial charge in [-0.05, 0) is 47.7 Å². The summed E-state index contributed by atoms with van der Waals surface area (Å²) in [6.07, 6.45) is 3.35. The lowest BCUT2D eigenvalue weighted by Gasteiger charge is -2.17. The molecule has 0 radical (unpaired) electrons. The molecule has 0 unspecified atom stereocenters. The summed E-state index contributed by atoms with van der Waals surface area (Å²) in [5.74, 6) is -3.33. The highest BCUT2D eigenvalue weighted by Gasteiger charge is 2.18. The maximum atomic E-state index is 13.2. The molecule has 1 heterocycles. The second-order valence-electron chi connectivity index (χ2n) is 5.82. The monoisotopic (exact) mass is 432 g/mol. The van der Waals surface area contributed by atoms with E-state index in [1.54, 1.807) is 59.4 Å². The molecule has 3 rings (SSSR count). The van der Waals surface area contributed by atoms with Crippen LogP contribution < -0.4 is 15.0 Å². The zero-order valence-electron chi connectivity index (χ0n) is 14.9. The second-order valence-corrected chi connectivity index (χ2v) is 7.30. The Hall–Kier alpha value is -2.84. The molecule has 0 amide bonds. The number of anilines is 1. The van der Waals surface area contributed by atoms with Crippen molar-refractivity contribution in [3.8, 4) is 0 Å². The fourth-order valence-corrected chi connectivity index (χ4v) is 3.35. The lowest BCUT2D eigenvalue weighted by molar-refractivity contribution is -0.577. The molecule has 0 saturated heterocycles. The third-order valence-corrected chi connectivity index (χ3v) is 4.87. The van der Waals surface area contributed by atoms with Crippen molar-refractivity contribution in [2.75, 3.05) is 5.32 Å². The van der Waals surface area contributed by atoms with Crippen LogP contribution in [0.4, 0.5) is 18.9 Å². The van der Waals surface area contributed by atoms with E-state index in [9.17, 15) is 18.3 Å². The van der Waals surface area contributed by atoms with Crippen LogP contribution in [0, 0.1) is 5.82 Å². The molecule has 0 fully saturated rings. The minimum absolute atomic E-state index is 0.143. The Labute approximate surface area is 175 Å². The first-order valence-electron chi connectivity index (χ1n) is 8.44. The van der Waals surface area contributed by atoms with Crippen LogP contribution in [0.3, 0.4) is 0 Å². The largest absolute Gasteiger partial charge is 0.867 e. The first-order chi connectivity index (χ1) is 13.9. The number of thiocarbonyl (C=S) groups is 1. The molecule has 0 atom stereocenters. The van der Waals surface area contributed by atoms with E-state index in [1.807, 2.05) is 0 Å². The van der Waals surface area contributed by atoms with Gasteiger partial charge in [0.2, 0.25) is 5.70 Å². The number of hydrogen-bond donors (Lipinski definition) is 1. The topological polar surface area (TPSA) is 39.0 Å². The minimum atomic E-state index is -2.50. The van der Waals surface area contributed by atoms with Crippen molar-refractivity contribution in [3.05, 3.63) is 90.5 Å². The predicted molar refractivity (Wildman–Crippen MR) is 111 cm³/mol. The van der Waals surface area contributed by atoms with E-state index in [1.165, 1.54) is 24.3 Å². The maximum absolute atomic E-state index is 13.2. The number of alkyl halides is 2. The van der Waals surface area contributed by atoms with Gasteiger partial charge in [0.15, 0.2) is 17.4 Å². The summed E-state index contributed by atoms with van der Waals surface area (Å²) in [5.41, 5.74) is 1.01. The van der Waals surface area contributed by atoms with Gasteiger partial charge in [-0.25, -0.2) is 4.39 Å². The molecule has 148 valence electrons. The summed E-state index contributed by atoms with van der Waals surface area (Å²) < 4.78 is 39.7. The SMILES string of the molecule is [O-]/C(=C(\C(=S)Nc1ccc(SC(F)F)cc1)[n+]1ccccc1)c1ccc(F)cc1. The first kappa shape index (κ1) is 20.9. The number of hydrogen-bond acceptors (Lipinski definition) is 3. The van der Waals surface area contributed by atoms with Crippen molar-refractivity contribution in [1.29, 1.82) is 0 Å². The molecule has 0 aliphatic carbocycles. The van der Waals surface area contributed by atoms with Gasteiger partial charge in [-0.3, -0.25) is 0 Å². The number of halogens is 3. The zero-order chi connectivity index (χ0) is 20.8. The van der Waals surface area contributed by atoms with Crippen LogP contribution in [-0.4, -0.2) is 10.7 Å². The molecule has 1 N–H and O–H groups in total. The van der Waals surface area contributed by atoms with Gasteiger partial charge < -0.3 is 10.4 Å². The molecule has 0 aliphatic rings. The summed E-state index contributed by atoms with van der Waals surface area (Å²) in [7, 11) is 0. The van der Waals surface area contributed by atoms with Crippen LogP contribution >= 0.6 is 24.0 Å². The third kappa shape index (κ3) is 5.58. The fraction of sp³-hybridized carbons (Fsp3) is 0.0476. The average molecular weight is 432 g/mol. The van der Waals surface area contributed by atoms with E-state index < -0.39 is 11.6 Å². The van der Waals surface area contributed by atoms with Gasteiger partial charge in [0.25, 0.3) is 5.76 Å². The number of pyridine rings is 1. The van der Waals surface area contributed by atoms with Gasteiger partial charge >= 0.3 is 0 Å². The number of aromatic nitrogens is 1. The molecule has 0 spiro atoms. The quantitative estimate of drug-likeness (QED) is 0.204. The normalized spacial score (nSPS) is 11.9. The van der Waals surface area contributed by atoms with Crippen molar-refractivity contribution in [3.63, 3.8) is 0 Å². The molecule has 8 heteroatoms. The molecular formula is C21H15F3N2OS2. The van der Waals surface area contributed by atoms with Crippen molar-refractivity contribution >= 4 is 46.1 Å².